The van der Waals surface area contributed by atoms with Crippen molar-refractivity contribution in [2.75, 3.05) is 11.9 Å². The molecule has 1 unspecified atom stereocenters. The van der Waals surface area contributed by atoms with Crippen LogP contribution in [0.5, 0.6) is 5.75 Å². The van der Waals surface area contributed by atoms with E-state index in [0.717, 1.165) is 5.75 Å². The summed E-state index contributed by atoms with van der Waals surface area (Å²) in [6, 6.07) is 16.7. The van der Waals surface area contributed by atoms with Crippen LogP contribution in [-0.4, -0.2) is 7.05 Å². The Morgan fingerprint density at radius 2 is 1.83 bits per heavy atom. The number of anilines is 1. The molecule has 0 saturated heterocycles. The number of hydrogen-bond acceptors (Lipinski definition) is 3. The molecular weight excluding hydrogens is 357 g/mol. The normalized spacial score (nSPS) is 17.7. The van der Waals surface area contributed by atoms with Gasteiger partial charge in [0.05, 0.1) is 5.69 Å². The van der Waals surface area contributed by atoms with Crippen molar-refractivity contribution in [1.82, 2.24) is 0 Å². The molecule has 0 saturated carbocycles. The fourth-order valence-electron chi connectivity index (χ4n) is 2.20. The zero-order valence-corrected chi connectivity index (χ0v) is 12.8. The van der Waals surface area contributed by atoms with Gasteiger partial charge in [-0.1, -0.05) is 42.1 Å². The first-order valence-corrected chi connectivity index (χ1v) is 7.43. The molecule has 0 aromatic heterocycles. The second-order valence-electron chi connectivity index (χ2n) is 4.16. The maximum absolute atomic E-state index is 5.43. The molecule has 2 aromatic carbocycles. The second-order valence-corrected chi connectivity index (χ2v) is 5.73. The highest BCUT2D eigenvalue weighted by atomic mass is 127. The number of nitrogens with zero attached hydrogens (tertiary/aromatic N) is 1. The summed E-state index contributed by atoms with van der Waals surface area (Å²) in [6.45, 7) is 0. The van der Waals surface area contributed by atoms with E-state index in [4.69, 9.17) is 3.07 Å². The third-order valence-electron chi connectivity index (χ3n) is 3.10. The Bertz CT molecular complexity index is 575. The largest absolute Gasteiger partial charge is 0.427 e. The van der Waals surface area contributed by atoms with Gasteiger partial charge in [-0.25, -0.2) is 0 Å². The summed E-state index contributed by atoms with van der Waals surface area (Å²) >= 11 is 3.81. The molecule has 1 heterocycles. The molecule has 2 nitrogen and oxygen atoms in total. The molecule has 4 heteroatoms. The van der Waals surface area contributed by atoms with E-state index in [-0.39, 0.29) is 5.37 Å². The van der Waals surface area contributed by atoms with Crippen LogP contribution in [0.25, 0.3) is 0 Å². The van der Waals surface area contributed by atoms with Crippen LogP contribution in [0.2, 0.25) is 0 Å². The zero-order valence-electron chi connectivity index (χ0n) is 9.84. The van der Waals surface area contributed by atoms with Crippen molar-refractivity contribution in [3.05, 3.63) is 54.1 Å². The van der Waals surface area contributed by atoms with E-state index in [9.17, 15) is 0 Å². The number of hydrogen-bond donors (Lipinski definition) is 0. The van der Waals surface area contributed by atoms with Gasteiger partial charge >= 0.3 is 0 Å². The molecule has 92 valence electrons. The number of thioether (sulfide) groups is 1. The minimum absolute atomic E-state index is 0.286. The molecule has 1 atom stereocenters. The molecule has 0 spiro atoms. The van der Waals surface area contributed by atoms with Gasteiger partial charge < -0.3 is 7.97 Å². The van der Waals surface area contributed by atoms with Crippen molar-refractivity contribution in [2.24, 2.45) is 0 Å². The topological polar surface area (TPSA) is 12.5 Å². The van der Waals surface area contributed by atoms with Crippen molar-refractivity contribution in [2.45, 2.75) is 10.3 Å². The average Bonchev–Trinajstić information content (AvgIpc) is 2.76. The van der Waals surface area contributed by atoms with Crippen LogP contribution >= 0.6 is 34.8 Å². The monoisotopic (exact) mass is 369 g/mol. The standard InChI is InChI=1S/C14H12INOS/c1-16-11-7-3-5-9-13(11)18-14(16)10-6-2-4-8-12(10)17-15/h2-9,14H,1H3. The Morgan fingerprint density at radius 3 is 2.61 bits per heavy atom. The van der Waals surface area contributed by atoms with E-state index < -0.39 is 0 Å². The minimum atomic E-state index is 0.286. The van der Waals surface area contributed by atoms with Crippen LogP contribution in [-0.2, 0) is 0 Å². The second kappa shape index (κ2) is 5.01. The number of para-hydroxylation sites is 2. The number of benzene rings is 2. The van der Waals surface area contributed by atoms with Crippen LogP contribution in [0.4, 0.5) is 5.69 Å². The lowest BCUT2D eigenvalue weighted by Crippen LogP contribution is -2.17. The Labute approximate surface area is 125 Å². The van der Waals surface area contributed by atoms with E-state index in [1.54, 1.807) is 0 Å². The summed E-state index contributed by atoms with van der Waals surface area (Å²) in [6.07, 6.45) is 0. The van der Waals surface area contributed by atoms with E-state index in [1.165, 1.54) is 16.1 Å². The third kappa shape index (κ3) is 1.97. The van der Waals surface area contributed by atoms with Gasteiger partial charge in [0.25, 0.3) is 0 Å². The maximum atomic E-state index is 5.43. The van der Waals surface area contributed by atoms with Gasteiger partial charge in [0.15, 0.2) is 23.0 Å². The van der Waals surface area contributed by atoms with Gasteiger partial charge in [-0.15, -0.1) is 0 Å². The summed E-state index contributed by atoms with van der Waals surface area (Å²) in [5.74, 6) is 0.940. The summed E-state index contributed by atoms with van der Waals surface area (Å²) < 4.78 is 5.43. The molecule has 0 fully saturated rings. The molecule has 0 amide bonds. The fourth-order valence-corrected chi connectivity index (χ4v) is 3.93. The number of rotatable bonds is 2. The Kier molecular flexibility index (Phi) is 3.39. The van der Waals surface area contributed by atoms with E-state index in [2.05, 4.69) is 48.3 Å². The van der Waals surface area contributed by atoms with Gasteiger partial charge in [-0.3, -0.25) is 0 Å². The highest BCUT2D eigenvalue weighted by Gasteiger charge is 2.30. The molecular formula is C14H12INOS. The lowest BCUT2D eigenvalue weighted by molar-refractivity contribution is 0.695. The molecule has 2 aromatic rings. The predicted molar refractivity (Wildman–Crippen MR) is 84.5 cm³/mol. The van der Waals surface area contributed by atoms with Crippen molar-refractivity contribution < 1.29 is 3.07 Å². The Balaban J connectivity index is 2.01. The van der Waals surface area contributed by atoms with Crippen molar-refractivity contribution in [1.29, 1.82) is 0 Å². The van der Waals surface area contributed by atoms with Crippen molar-refractivity contribution in [3.63, 3.8) is 0 Å². The molecule has 3 rings (SSSR count). The van der Waals surface area contributed by atoms with Crippen LogP contribution in [0.15, 0.2) is 53.4 Å². The quantitative estimate of drug-likeness (QED) is 0.715. The number of halogens is 1. The molecule has 18 heavy (non-hydrogen) atoms. The highest BCUT2D eigenvalue weighted by molar-refractivity contribution is 14.1. The lowest BCUT2D eigenvalue weighted by Gasteiger charge is -2.23. The first kappa shape index (κ1) is 12.2. The first-order valence-electron chi connectivity index (χ1n) is 5.67. The van der Waals surface area contributed by atoms with E-state index in [0.29, 0.717) is 0 Å². The summed E-state index contributed by atoms with van der Waals surface area (Å²) in [4.78, 5) is 3.63. The summed E-state index contributed by atoms with van der Waals surface area (Å²) in [5.41, 5.74) is 2.51. The summed E-state index contributed by atoms with van der Waals surface area (Å²) in [7, 11) is 2.13. The van der Waals surface area contributed by atoms with Gasteiger partial charge in [-0.2, -0.15) is 0 Å². The van der Waals surface area contributed by atoms with Crippen molar-refractivity contribution >= 4 is 40.5 Å². The maximum Gasteiger partial charge on any atom is 0.192 e. The average molecular weight is 369 g/mol. The predicted octanol–water partition coefficient (Wildman–Crippen LogP) is 4.66. The van der Waals surface area contributed by atoms with Crippen LogP contribution in [0, 0.1) is 0 Å². The molecule has 0 N–H and O–H groups in total. The van der Waals surface area contributed by atoms with Crippen LogP contribution in [0.1, 0.15) is 10.9 Å². The van der Waals surface area contributed by atoms with Crippen molar-refractivity contribution in [3.8, 4) is 5.75 Å². The van der Waals surface area contributed by atoms with E-state index >= 15 is 0 Å². The summed E-state index contributed by atoms with van der Waals surface area (Å²) in [5, 5.41) is 0.286. The van der Waals surface area contributed by atoms with Crippen LogP contribution in [0.3, 0.4) is 0 Å². The Morgan fingerprint density at radius 1 is 1.11 bits per heavy atom. The fraction of sp³-hybridized carbons (Fsp3) is 0.143. The zero-order chi connectivity index (χ0) is 12.5. The molecule has 0 bridgehead atoms. The van der Waals surface area contributed by atoms with E-state index in [1.807, 2.05) is 46.9 Å². The number of fused-ring (bicyclic) bond motifs is 1. The van der Waals surface area contributed by atoms with Gasteiger partial charge in [0.2, 0.25) is 0 Å². The first-order chi connectivity index (χ1) is 8.81. The molecule has 1 aliphatic heterocycles. The molecule has 0 aliphatic carbocycles. The van der Waals surface area contributed by atoms with Crippen LogP contribution < -0.4 is 7.97 Å². The molecule has 0 radical (unpaired) electrons. The van der Waals surface area contributed by atoms with Gasteiger partial charge in [0.1, 0.15) is 11.1 Å². The Hall–Kier alpha value is -0.880. The third-order valence-corrected chi connectivity index (χ3v) is 4.97. The minimum Gasteiger partial charge on any atom is -0.427 e. The lowest BCUT2D eigenvalue weighted by atomic mass is 10.2. The highest BCUT2D eigenvalue weighted by Crippen LogP contribution is 2.51. The SMILES string of the molecule is CN1c2ccccc2SC1c1ccccc1OI. The molecule has 1 aliphatic rings. The smallest absolute Gasteiger partial charge is 0.192 e. The van der Waals surface area contributed by atoms with Gasteiger partial charge in [-0.05, 0) is 18.2 Å². The van der Waals surface area contributed by atoms with Gasteiger partial charge in [0, 0.05) is 17.5 Å².